The Bertz CT molecular complexity index is 756. The summed E-state index contributed by atoms with van der Waals surface area (Å²) < 4.78 is 18.4. The van der Waals surface area contributed by atoms with E-state index >= 15 is 0 Å². The van der Waals surface area contributed by atoms with E-state index in [0.717, 1.165) is 12.0 Å². The quantitative estimate of drug-likeness (QED) is 0.651. The first-order valence-corrected chi connectivity index (χ1v) is 9.70. The number of hydrogen-bond donors (Lipinski definition) is 2. The first-order chi connectivity index (χ1) is 13.1. The monoisotopic (exact) mass is 391 g/mol. The van der Waals surface area contributed by atoms with Crippen molar-refractivity contribution >= 4 is 29.3 Å². The highest BCUT2D eigenvalue weighted by Gasteiger charge is 2.09. The first kappa shape index (κ1) is 20.7. The summed E-state index contributed by atoms with van der Waals surface area (Å²) in [5.41, 5.74) is 1.32. The zero-order chi connectivity index (χ0) is 19.5. The maximum atomic E-state index is 12.8. The summed E-state index contributed by atoms with van der Waals surface area (Å²) in [4.78, 5) is 27.9. The summed E-state index contributed by atoms with van der Waals surface area (Å²) in [6.07, 6.45) is 2.52. The number of carbonyl (C=O) groups excluding carboxylic acids is 2. The number of benzene rings is 1. The number of nitrogens with zero attached hydrogens (tertiary/aromatic N) is 1. The fourth-order valence-electron chi connectivity index (χ4n) is 2.10. The van der Waals surface area contributed by atoms with Gasteiger partial charge in [0.2, 0.25) is 17.7 Å². The Hall–Kier alpha value is -2.61. The number of rotatable bonds is 10. The van der Waals surface area contributed by atoms with Crippen LogP contribution in [0.15, 0.2) is 42.6 Å². The third-order valence-corrected chi connectivity index (χ3v) is 4.30. The summed E-state index contributed by atoms with van der Waals surface area (Å²) in [6.45, 7) is 2.89. The molecule has 8 heteroatoms. The van der Waals surface area contributed by atoms with Crippen molar-refractivity contribution in [2.75, 3.05) is 23.4 Å². The zero-order valence-electron chi connectivity index (χ0n) is 15.0. The molecule has 144 valence electrons. The van der Waals surface area contributed by atoms with E-state index in [1.54, 1.807) is 12.3 Å². The van der Waals surface area contributed by atoms with Gasteiger partial charge in [-0.2, -0.15) is 0 Å². The molecule has 0 spiro atoms. The lowest BCUT2D eigenvalue weighted by molar-refractivity contribution is -0.118. The zero-order valence-corrected chi connectivity index (χ0v) is 15.9. The number of hydrogen-bond acceptors (Lipinski definition) is 5. The van der Waals surface area contributed by atoms with Crippen molar-refractivity contribution < 1.29 is 18.7 Å². The van der Waals surface area contributed by atoms with Gasteiger partial charge >= 0.3 is 0 Å². The molecule has 27 heavy (non-hydrogen) atoms. The second-order valence-electron chi connectivity index (χ2n) is 5.64. The maximum absolute atomic E-state index is 12.8. The molecule has 0 bridgehead atoms. The lowest BCUT2D eigenvalue weighted by Crippen LogP contribution is -2.26. The van der Waals surface area contributed by atoms with Crippen molar-refractivity contribution in [1.82, 2.24) is 10.3 Å². The van der Waals surface area contributed by atoms with Crippen LogP contribution in [0, 0.1) is 5.82 Å². The Kier molecular flexibility index (Phi) is 8.57. The van der Waals surface area contributed by atoms with Crippen LogP contribution in [0.2, 0.25) is 0 Å². The van der Waals surface area contributed by atoms with E-state index in [0.29, 0.717) is 24.7 Å². The van der Waals surface area contributed by atoms with Gasteiger partial charge in [0.25, 0.3) is 0 Å². The Labute approximate surface area is 161 Å². The van der Waals surface area contributed by atoms with Crippen molar-refractivity contribution in [2.24, 2.45) is 0 Å². The van der Waals surface area contributed by atoms with Crippen LogP contribution >= 0.6 is 11.8 Å². The molecular formula is C19H22FN3O3S. The van der Waals surface area contributed by atoms with Gasteiger partial charge in [0, 0.05) is 24.0 Å². The van der Waals surface area contributed by atoms with E-state index in [4.69, 9.17) is 4.74 Å². The standard InChI is InChI=1S/C19H22FN3O3S/c1-2-10-26-19-14(4-3-9-21-19)11-22-17(24)12-27-13-18(25)23-16-7-5-15(20)6-8-16/h3-9H,2,10-13H2,1H3,(H,22,24)(H,23,25). The van der Waals surface area contributed by atoms with Crippen LogP contribution in [-0.4, -0.2) is 34.9 Å². The predicted octanol–water partition coefficient (Wildman–Crippen LogP) is 3.00. The fraction of sp³-hybridized carbons (Fsp3) is 0.316. The summed E-state index contributed by atoms with van der Waals surface area (Å²) >= 11 is 1.20. The number of amides is 2. The Morgan fingerprint density at radius 1 is 1.15 bits per heavy atom. The van der Waals surface area contributed by atoms with Gasteiger partial charge in [-0.1, -0.05) is 13.0 Å². The van der Waals surface area contributed by atoms with E-state index in [2.05, 4.69) is 15.6 Å². The maximum Gasteiger partial charge on any atom is 0.234 e. The molecule has 0 aliphatic rings. The van der Waals surface area contributed by atoms with Crippen LogP contribution in [0.5, 0.6) is 5.88 Å². The largest absolute Gasteiger partial charge is 0.477 e. The Morgan fingerprint density at radius 3 is 2.63 bits per heavy atom. The minimum atomic E-state index is -0.365. The number of nitrogens with one attached hydrogen (secondary N) is 2. The van der Waals surface area contributed by atoms with E-state index in [1.165, 1.54) is 36.0 Å². The minimum absolute atomic E-state index is 0.128. The molecule has 0 aliphatic heterocycles. The third kappa shape index (κ3) is 7.65. The average Bonchev–Trinajstić information content (AvgIpc) is 2.67. The topological polar surface area (TPSA) is 80.3 Å². The SMILES string of the molecule is CCCOc1ncccc1CNC(=O)CSCC(=O)Nc1ccc(F)cc1. The highest BCUT2D eigenvalue weighted by Crippen LogP contribution is 2.14. The van der Waals surface area contributed by atoms with Gasteiger partial charge in [-0.25, -0.2) is 9.37 Å². The highest BCUT2D eigenvalue weighted by atomic mass is 32.2. The lowest BCUT2D eigenvalue weighted by atomic mass is 10.2. The molecule has 2 N–H and O–H groups in total. The van der Waals surface area contributed by atoms with Crippen molar-refractivity contribution in [1.29, 1.82) is 0 Å². The van der Waals surface area contributed by atoms with Gasteiger partial charge in [0.05, 0.1) is 18.1 Å². The number of aromatic nitrogens is 1. The van der Waals surface area contributed by atoms with Crippen LogP contribution in [0.25, 0.3) is 0 Å². The number of thioether (sulfide) groups is 1. The summed E-state index contributed by atoms with van der Waals surface area (Å²) in [7, 11) is 0. The van der Waals surface area contributed by atoms with Gasteiger partial charge in [-0.3, -0.25) is 9.59 Å². The van der Waals surface area contributed by atoms with Gasteiger partial charge in [0.15, 0.2) is 0 Å². The van der Waals surface area contributed by atoms with Crippen LogP contribution in [-0.2, 0) is 16.1 Å². The molecule has 1 aromatic carbocycles. The second-order valence-corrected chi connectivity index (χ2v) is 6.63. The normalized spacial score (nSPS) is 10.3. The van der Waals surface area contributed by atoms with Gasteiger partial charge in [0.1, 0.15) is 5.82 Å². The number of pyridine rings is 1. The highest BCUT2D eigenvalue weighted by molar-refractivity contribution is 8.00. The number of anilines is 1. The molecule has 1 heterocycles. The summed E-state index contributed by atoms with van der Waals surface area (Å²) in [5.74, 6) is 0.00818. The fourth-order valence-corrected chi connectivity index (χ4v) is 2.75. The van der Waals surface area contributed by atoms with Crippen LogP contribution in [0.4, 0.5) is 10.1 Å². The Morgan fingerprint density at radius 2 is 1.89 bits per heavy atom. The van der Waals surface area contributed by atoms with Crippen LogP contribution < -0.4 is 15.4 Å². The predicted molar refractivity (Wildman–Crippen MR) is 104 cm³/mol. The summed E-state index contributed by atoms with van der Waals surface area (Å²) in [6, 6.07) is 9.14. The molecule has 2 rings (SSSR count). The first-order valence-electron chi connectivity index (χ1n) is 8.55. The number of ether oxygens (including phenoxy) is 1. The molecule has 0 fully saturated rings. The molecule has 0 unspecified atom stereocenters. The molecule has 2 aromatic rings. The van der Waals surface area contributed by atoms with Crippen molar-refractivity contribution in [3.05, 3.63) is 54.0 Å². The molecule has 0 radical (unpaired) electrons. The van der Waals surface area contributed by atoms with Crippen molar-refractivity contribution in [3.63, 3.8) is 0 Å². The molecule has 0 saturated carbocycles. The van der Waals surface area contributed by atoms with Crippen molar-refractivity contribution in [3.8, 4) is 5.88 Å². The van der Waals surface area contributed by atoms with E-state index < -0.39 is 0 Å². The lowest BCUT2D eigenvalue weighted by Gasteiger charge is -2.10. The molecule has 0 aliphatic carbocycles. The molecule has 1 aromatic heterocycles. The molecular weight excluding hydrogens is 369 g/mol. The van der Waals surface area contributed by atoms with E-state index in [1.807, 2.05) is 13.0 Å². The van der Waals surface area contributed by atoms with Crippen LogP contribution in [0.3, 0.4) is 0 Å². The second kappa shape index (κ2) is 11.2. The molecule has 6 nitrogen and oxygen atoms in total. The van der Waals surface area contributed by atoms with E-state index in [9.17, 15) is 14.0 Å². The number of carbonyl (C=O) groups is 2. The van der Waals surface area contributed by atoms with Gasteiger partial charge < -0.3 is 15.4 Å². The number of halogens is 1. The average molecular weight is 391 g/mol. The summed E-state index contributed by atoms with van der Waals surface area (Å²) in [5, 5.41) is 5.44. The van der Waals surface area contributed by atoms with Gasteiger partial charge in [-0.15, -0.1) is 11.8 Å². The van der Waals surface area contributed by atoms with Gasteiger partial charge in [-0.05, 0) is 36.8 Å². The molecule has 0 saturated heterocycles. The van der Waals surface area contributed by atoms with Crippen LogP contribution in [0.1, 0.15) is 18.9 Å². The minimum Gasteiger partial charge on any atom is -0.477 e. The third-order valence-electron chi connectivity index (χ3n) is 3.36. The van der Waals surface area contributed by atoms with E-state index in [-0.39, 0.29) is 29.1 Å². The smallest absolute Gasteiger partial charge is 0.234 e. The molecule has 2 amide bonds. The van der Waals surface area contributed by atoms with Crippen molar-refractivity contribution in [2.45, 2.75) is 19.9 Å². The Balaban J connectivity index is 1.69. The molecule has 0 atom stereocenters.